The molecule has 2 fully saturated rings. The topological polar surface area (TPSA) is 32.8 Å². The molecule has 0 aromatic heterocycles. The molecule has 0 aliphatic carbocycles. The molecule has 0 aromatic carbocycles. The highest BCUT2D eigenvalue weighted by Crippen LogP contribution is 2.22. The van der Waals surface area contributed by atoms with Crippen molar-refractivity contribution in [1.82, 2.24) is 9.80 Å². The van der Waals surface area contributed by atoms with E-state index >= 15 is 0 Å². The van der Waals surface area contributed by atoms with Crippen molar-refractivity contribution >= 4 is 5.91 Å². The van der Waals surface area contributed by atoms with Crippen LogP contribution in [0, 0.1) is 11.8 Å². The maximum atomic E-state index is 12.6. The van der Waals surface area contributed by atoms with E-state index in [1.54, 1.807) is 0 Å². The van der Waals surface area contributed by atoms with Gasteiger partial charge < -0.3 is 9.64 Å². The summed E-state index contributed by atoms with van der Waals surface area (Å²) in [6.07, 6.45) is 1.48. The Bertz CT molecular complexity index is 311. The number of morpholine rings is 1. The second-order valence-corrected chi connectivity index (χ2v) is 6.54. The molecule has 2 aliphatic rings. The summed E-state index contributed by atoms with van der Waals surface area (Å²) in [7, 11) is 0. The fraction of sp³-hybridized carbons (Fsp3) is 0.933. The van der Waals surface area contributed by atoms with Gasteiger partial charge in [0.25, 0.3) is 0 Å². The van der Waals surface area contributed by atoms with Crippen LogP contribution in [-0.4, -0.2) is 60.6 Å². The zero-order valence-electron chi connectivity index (χ0n) is 12.8. The first-order chi connectivity index (χ1) is 8.97. The highest BCUT2D eigenvalue weighted by Gasteiger charge is 2.32. The van der Waals surface area contributed by atoms with E-state index in [2.05, 4.69) is 30.6 Å². The van der Waals surface area contributed by atoms with Gasteiger partial charge in [0.2, 0.25) is 5.91 Å². The largest absolute Gasteiger partial charge is 0.376 e. The molecule has 19 heavy (non-hydrogen) atoms. The molecule has 2 saturated heterocycles. The molecule has 0 aromatic rings. The zero-order valence-corrected chi connectivity index (χ0v) is 12.8. The van der Waals surface area contributed by atoms with Crippen LogP contribution in [0.15, 0.2) is 0 Å². The maximum absolute atomic E-state index is 12.6. The Morgan fingerprint density at radius 1 is 1.16 bits per heavy atom. The highest BCUT2D eigenvalue weighted by atomic mass is 16.5. The lowest BCUT2D eigenvalue weighted by molar-refractivity contribution is -0.142. The van der Waals surface area contributed by atoms with Crippen LogP contribution in [0.4, 0.5) is 0 Å². The van der Waals surface area contributed by atoms with Crippen molar-refractivity contribution in [3.8, 4) is 0 Å². The summed E-state index contributed by atoms with van der Waals surface area (Å²) in [6, 6.07) is -0.0103. The Morgan fingerprint density at radius 3 is 2.37 bits per heavy atom. The van der Waals surface area contributed by atoms with Gasteiger partial charge >= 0.3 is 0 Å². The van der Waals surface area contributed by atoms with Crippen LogP contribution in [0.1, 0.15) is 34.1 Å². The minimum atomic E-state index is -0.0103. The zero-order chi connectivity index (χ0) is 14.0. The maximum Gasteiger partial charge on any atom is 0.239 e. The van der Waals surface area contributed by atoms with Crippen LogP contribution in [-0.2, 0) is 9.53 Å². The number of ether oxygens (including phenoxy) is 1. The molecule has 110 valence electrons. The number of amides is 1. The normalized spacial score (nSPS) is 35.2. The molecular weight excluding hydrogens is 240 g/mol. The van der Waals surface area contributed by atoms with E-state index in [9.17, 15) is 4.79 Å². The number of likely N-dealkylation sites (tertiary alicyclic amines) is 1. The van der Waals surface area contributed by atoms with E-state index in [4.69, 9.17) is 4.74 Å². The van der Waals surface area contributed by atoms with Gasteiger partial charge in [-0.05, 0) is 32.1 Å². The van der Waals surface area contributed by atoms with Crippen LogP contribution in [0.3, 0.4) is 0 Å². The van der Waals surface area contributed by atoms with Gasteiger partial charge in [-0.1, -0.05) is 13.8 Å². The van der Waals surface area contributed by atoms with Gasteiger partial charge in [0.05, 0.1) is 18.8 Å². The van der Waals surface area contributed by atoms with E-state index in [0.717, 1.165) is 32.8 Å². The molecule has 0 saturated carbocycles. The van der Waals surface area contributed by atoms with Crippen molar-refractivity contribution in [2.24, 2.45) is 11.8 Å². The van der Waals surface area contributed by atoms with Crippen LogP contribution < -0.4 is 0 Å². The minimum absolute atomic E-state index is 0.0103. The third kappa shape index (κ3) is 3.69. The average molecular weight is 268 g/mol. The number of hydrogen-bond donors (Lipinski definition) is 0. The highest BCUT2D eigenvalue weighted by molar-refractivity contribution is 5.81. The lowest BCUT2D eigenvalue weighted by atomic mass is 9.91. The lowest BCUT2D eigenvalue weighted by Crippen LogP contribution is -2.54. The van der Waals surface area contributed by atoms with Gasteiger partial charge in [-0.2, -0.15) is 0 Å². The first kappa shape index (κ1) is 14.8. The smallest absolute Gasteiger partial charge is 0.239 e. The molecule has 1 amide bonds. The Balaban J connectivity index is 1.94. The molecule has 0 spiro atoms. The van der Waals surface area contributed by atoms with Gasteiger partial charge in [0.15, 0.2) is 0 Å². The van der Waals surface area contributed by atoms with Crippen LogP contribution >= 0.6 is 0 Å². The number of carbonyl (C=O) groups is 1. The van der Waals surface area contributed by atoms with Crippen molar-refractivity contribution < 1.29 is 9.53 Å². The van der Waals surface area contributed by atoms with E-state index in [1.165, 1.54) is 6.42 Å². The predicted molar refractivity (Wildman–Crippen MR) is 76.0 cm³/mol. The van der Waals surface area contributed by atoms with Gasteiger partial charge in [-0.25, -0.2) is 0 Å². The fourth-order valence-corrected chi connectivity index (χ4v) is 3.46. The predicted octanol–water partition coefficient (Wildman–Crippen LogP) is 1.60. The van der Waals surface area contributed by atoms with Crippen molar-refractivity contribution in [1.29, 1.82) is 0 Å². The molecule has 2 heterocycles. The molecule has 4 atom stereocenters. The van der Waals surface area contributed by atoms with E-state index < -0.39 is 0 Å². The van der Waals surface area contributed by atoms with Crippen molar-refractivity contribution in [2.45, 2.75) is 46.3 Å². The molecule has 2 aliphatic heterocycles. The third-order valence-corrected chi connectivity index (χ3v) is 4.36. The van der Waals surface area contributed by atoms with Crippen LogP contribution in [0.25, 0.3) is 0 Å². The number of piperidine rings is 1. The first-order valence-corrected chi connectivity index (χ1v) is 7.61. The quantitative estimate of drug-likeness (QED) is 0.762. The summed E-state index contributed by atoms with van der Waals surface area (Å²) >= 11 is 0. The Labute approximate surface area is 117 Å². The SMILES string of the molecule is CC1CC(C)CN(C(=O)C(C)N2CCOC(C)C2)C1. The Morgan fingerprint density at radius 2 is 1.79 bits per heavy atom. The van der Waals surface area contributed by atoms with Crippen molar-refractivity contribution in [3.05, 3.63) is 0 Å². The average Bonchev–Trinajstić information content (AvgIpc) is 2.36. The van der Waals surface area contributed by atoms with E-state index in [-0.39, 0.29) is 12.1 Å². The standard InChI is InChI=1S/C15H28N2O2/c1-11-7-12(2)9-17(8-11)15(18)14(4)16-5-6-19-13(3)10-16/h11-14H,5-10H2,1-4H3. The summed E-state index contributed by atoms with van der Waals surface area (Å²) in [4.78, 5) is 17.0. The number of carbonyl (C=O) groups excluding carboxylic acids is 1. The van der Waals surface area contributed by atoms with Crippen molar-refractivity contribution in [2.75, 3.05) is 32.8 Å². The summed E-state index contributed by atoms with van der Waals surface area (Å²) in [5, 5.41) is 0. The fourth-order valence-electron chi connectivity index (χ4n) is 3.46. The summed E-state index contributed by atoms with van der Waals surface area (Å²) in [5.74, 6) is 1.56. The van der Waals surface area contributed by atoms with Gasteiger partial charge in [-0.15, -0.1) is 0 Å². The molecule has 4 nitrogen and oxygen atoms in total. The summed E-state index contributed by atoms with van der Waals surface area (Å²) in [5.41, 5.74) is 0. The Kier molecular flexibility index (Phi) is 4.85. The summed E-state index contributed by atoms with van der Waals surface area (Å²) in [6.45, 7) is 12.9. The molecule has 0 radical (unpaired) electrons. The molecule has 0 N–H and O–H groups in total. The first-order valence-electron chi connectivity index (χ1n) is 7.61. The Hall–Kier alpha value is -0.610. The number of nitrogens with zero attached hydrogens (tertiary/aromatic N) is 2. The van der Waals surface area contributed by atoms with Crippen LogP contribution in [0.2, 0.25) is 0 Å². The molecule has 4 heteroatoms. The molecule has 2 rings (SSSR count). The molecule has 4 unspecified atom stereocenters. The second kappa shape index (κ2) is 6.23. The number of hydrogen-bond acceptors (Lipinski definition) is 3. The van der Waals surface area contributed by atoms with Gasteiger partial charge in [0, 0.05) is 26.2 Å². The second-order valence-electron chi connectivity index (χ2n) is 6.54. The molecule has 0 bridgehead atoms. The number of rotatable bonds is 2. The molecular formula is C15H28N2O2. The van der Waals surface area contributed by atoms with Gasteiger partial charge in [0.1, 0.15) is 0 Å². The monoisotopic (exact) mass is 268 g/mol. The van der Waals surface area contributed by atoms with E-state index in [0.29, 0.717) is 17.7 Å². The van der Waals surface area contributed by atoms with Crippen molar-refractivity contribution in [3.63, 3.8) is 0 Å². The van der Waals surface area contributed by atoms with Crippen LogP contribution in [0.5, 0.6) is 0 Å². The van der Waals surface area contributed by atoms with Gasteiger partial charge in [-0.3, -0.25) is 9.69 Å². The third-order valence-electron chi connectivity index (χ3n) is 4.36. The van der Waals surface area contributed by atoms with E-state index in [1.807, 2.05) is 6.92 Å². The lowest BCUT2D eigenvalue weighted by Gasteiger charge is -2.40. The summed E-state index contributed by atoms with van der Waals surface area (Å²) < 4.78 is 5.55. The minimum Gasteiger partial charge on any atom is -0.376 e.